The molecule has 166 valence electrons. The summed E-state index contributed by atoms with van der Waals surface area (Å²) in [6, 6.07) is 25.1. The molecule has 0 atom stereocenters. The Hall–Kier alpha value is -3.68. The van der Waals surface area contributed by atoms with Gasteiger partial charge in [-0.15, -0.1) is 0 Å². The van der Waals surface area contributed by atoms with Crippen molar-refractivity contribution in [1.82, 2.24) is 8.96 Å². The average Bonchev–Trinajstić information content (AvgIpc) is 3.40. The van der Waals surface area contributed by atoms with Crippen LogP contribution in [0.4, 0.5) is 0 Å². The van der Waals surface area contributed by atoms with E-state index in [4.69, 9.17) is 4.42 Å². The van der Waals surface area contributed by atoms with Gasteiger partial charge < -0.3 is 9.52 Å². The van der Waals surface area contributed by atoms with Gasteiger partial charge >= 0.3 is 0 Å². The quantitative estimate of drug-likeness (QED) is 0.390. The Morgan fingerprint density at radius 2 is 1.64 bits per heavy atom. The van der Waals surface area contributed by atoms with Crippen LogP contribution >= 0.6 is 0 Å². The molecule has 0 unspecified atom stereocenters. The Kier molecular flexibility index (Phi) is 5.36. The number of rotatable bonds is 6. The summed E-state index contributed by atoms with van der Waals surface area (Å²) < 4.78 is 34.6. The monoisotopic (exact) mass is 458 g/mol. The van der Waals surface area contributed by atoms with Crippen molar-refractivity contribution in [1.29, 1.82) is 0 Å². The van der Waals surface area contributed by atoms with Crippen LogP contribution in [0.2, 0.25) is 0 Å². The maximum Gasteiger partial charge on any atom is 0.268 e. The molecule has 0 saturated carbocycles. The van der Waals surface area contributed by atoms with Crippen molar-refractivity contribution < 1.29 is 17.9 Å². The fourth-order valence-corrected chi connectivity index (χ4v) is 5.53. The Morgan fingerprint density at radius 1 is 0.939 bits per heavy atom. The topological polar surface area (TPSA) is 85.3 Å². The molecule has 7 heteroatoms. The number of aryl methyl sites for hydroxylation is 1. The van der Waals surface area contributed by atoms with E-state index < -0.39 is 10.0 Å². The van der Waals surface area contributed by atoms with E-state index in [0.717, 1.165) is 10.9 Å². The summed E-state index contributed by atoms with van der Waals surface area (Å²) in [5, 5.41) is 10.3. The number of benzene rings is 3. The summed E-state index contributed by atoms with van der Waals surface area (Å²) >= 11 is 0. The average molecular weight is 459 g/mol. The van der Waals surface area contributed by atoms with Crippen LogP contribution < -0.4 is 0 Å². The summed E-state index contributed by atoms with van der Waals surface area (Å²) in [4.78, 5) is 4.87. The number of aliphatic hydroxyl groups excluding tert-OH is 1. The van der Waals surface area contributed by atoms with Gasteiger partial charge in [-0.05, 0) is 55.0 Å². The fraction of sp³-hybridized carbons (Fsp3) is 0.115. The van der Waals surface area contributed by atoms with Gasteiger partial charge in [0, 0.05) is 23.1 Å². The third-order valence-electron chi connectivity index (χ3n) is 5.62. The van der Waals surface area contributed by atoms with E-state index in [1.54, 1.807) is 48.5 Å². The number of nitrogens with zero attached hydrogens (tertiary/aromatic N) is 2. The number of aliphatic hydroxyl groups is 1. The van der Waals surface area contributed by atoms with Gasteiger partial charge in [0.25, 0.3) is 10.0 Å². The minimum atomic E-state index is -3.85. The van der Waals surface area contributed by atoms with Crippen molar-refractivity contribution in [2.75, 3.05) is 0 Å². The molecule has 33 heavy (non-hydrogen) atoms. The zero-order valence-electron chi connectivity index (χ0n) is 18.0. The second-order valence-electron chi connectivity index (χ2n) is 7.83. The molecule has 0 saturated heterocycles. The SMILES string of the molecule is Cc1oc(-c2ccccc2)nc1Cc1cc2cc(CO)ccc2n1S(=O)(=O)c1ccccc1. The van der Waals surface area contributed by atoms with Gasteiger partial charge in [0.2, 0.25) is 5.89 Å². The molecule has 0 fully saturated rings. The lowest BCUT2D eigenvalue weighted by Crippen LogP contribution is -2.16. The van der Waals surface area contributed by atoms with Crippen LogP contribution in [0, 0.1) is 6.92 Å². The van der Waals surface area contributed by atoms with Crippen LogP contribution in [0.5, 0.6) is 0 Å². The molecule has 0 aliphatic rings. The Bertz CT molecular complexity index is 1540. The first-order valence-corrected chi connectivity index (χ1v) is 12.0. The molecule has 1 N–H and O–H groups in total. The van der Waals surface area contributed by atoms with E-state index in [-0.39, 0.29) is 17.9 Å². The van der Waals surface area contributed by atoms with E-state index in [1.807, 2.05) is 43.3 Å². The first kappa shape index (κ1) is 21.2. The molecule has 0 bridgehead atoms. The second kappa shape index (κ2) is 8.35. The summed E-state index contributed by atoms with van der Waals surface area (Å²) in [5.41, 5.74) is 3.36. The third-order valence-corrected chi connectivity index (χ3v) is 7.40. The van der Waals surface area contributed by atoms with Crippen molar-refractivity contribution in [3.05, 3.63) is 108 Å². The largest absolute Gasteiger partial charge is 0.441 e. The van der Waals surface area contributed by atoms with Crippen LogP contribution in [-0.2, 0) is 23.1 Å². The molecule has 3 aromatic carbocycles. The molecule has 0 amide bonds. The van der Waals surface area contributed by atoms with E-state index in [1.165, 1.54) is 3.97 Å². The highest BCUT2D eigenvalue weighted by atomic mass is 32.2. The van der Waals surface area contributed by atoms with Crippen molar-refractivity contribution >= 4 is 20.9 Å². The summed E-state index contributed by atoms with van der Waals surface area (Å²) in [7, 11) is -3.85. The normalized spacial score (nSPS) is 11.8. The van der Waals surface area contributed by atoms with Crippen LogP contribution in [0.3, 0.4) is 0 Å². The summed E-state index contributed by atoms with van der Waals surface area (Å²) in [6.45, 7) is 1.71. The van der Waals surface area contributed by atoms with Gasteiger partial charge in [-0.3, -0.25) is 0 Å². The lowest BCUT2D eigenvalue weighted by Gasteiger charge is -2.12. The molecule has 2 heterocycles. The lowest BCUT2D eigenvalue weighted by atomic mass is 10.1. The maximum atomic E-state index is 13.7. The standard InChI is InChI=1S/C26H22N2O4S/c1-18-24(27-26(32-18)20-8-4-2-5-9-20)16-22-15-21-14-19(17-29)12-13-25(21)28(22)33(30,31)23-10-6-3-7-11-23/h2-15,29H,16-17H2,1H3. The van der Waals surface area contributed by atoms with E-state index in [0.29, 0.717) is 34.1 Å². The van der Waals surface area contributed by atoms with Gasteiger partial charge in [0.05, 0.1) is 22.7 Å². The van der Waals surface area contributed by atoms with Crippen LogP contribution in [0.15, 0.2) is 94.2 Å². The van der Waals surface area contributed by atoms with E-state index in [9.17, 15) is 13.5 Å². The fourth-order valence-electron chi connectivity index (χ4n) is 3.97. The van der Waals surface area contributed by atoms with E-state index in [2.05, 4.69) is 4.98 Å². The van der Waals surface area contributed by atoms with Crippen molar-refractivity contribution in [2.24, 2.45) is 0 Å². The highest BCUT2D eigenvalue weighted by molar-refractivity contribution is 7.90. The molecule has 0 aliphatic carbocycles. The highest BCUT2D eigenvalue weighted by Crippen LogP contribution is 2.30. The summed E-state index contributed by atoms with van der Waals surface area (Å²) in [5.74, 6) is 1.14. The second-order valence-corrected chi connectivity index (χ2v) is 9.62. The highest BCUT2D eigenvalue weighted by Gasteiger charge is 2.24. The van der Waals surface area contributed by atoms with Crippen molar-refractivity contribution in [2.45, 2.75) is 24.8 Å². The molecular weight excluding hydrogens is 436 g/mol. The molecular formula is C26H22N2O4S. The number of fused-ring (bicyclic) bond motifs is 1. The number of hydrogen-bond donors (Lipinski definition) is 1. The molecule has 2 aromatic heterocycles. The zero-order valence-corrected chi connectivity index (χ0v) is 18.8. The minimum absolute atomic E-state index is 0.120. The predicted octanol–water partition coefficient (Wildman–Crippen LogP) is 4.92. The van der Waals surface area contributed by atoms with Gasteiger partial charge in [-0.1, -0.05) is 42.5 Å². The molecule has 0 spiro atoms. The Morgan fingerprint density at radius 3 is 2.33 bits per heavy atom. The van der Waals surface area contributed by atoms with Crippen LogP contribution in [0.25, 0.3) is 22.4 Å². The molecule has 0 aliphatic heterocycles. The number of hydrogen-bond acceptors (Lipinski definition) is 5. The Balaban J connectivity index is 1.66. The third kappa shape index (κ3) is 3.86. The molecule has 6 nitrogen and oxygen atoms in total. The maximum absolute atomic E-state index is 13.7. The van der Waals surface area contributed by atoms with Crippen molar-refractivity contribution in [3.8, 4) is 11.5 Å². The minimum Gasteiger partial charge on any atom is -0.441 e. The number of aromatic nitrogens is 2. The molecule has 5 aromatic rings. The van der Waals surface area contributed by atoms with Crippen LogP contribution in [0.1, 0.15) is 22.7 Å². The predicted molar refractivity (Wildman–Crippen MR) is 126 cm³/mol. The lowest BCUT2D eigenvalue weighted by molar-refractivity contribution is 0.282. The Labute approximate surface area is 191 Å². The van der Waals surface area contributed by atoms with Gasteiger partial charge in [-0.2, -0.15) is 0 Å². The first-order valence-electron chi connectivity index (χ1n) is 10.5. The van der Waals surface area contributed by atoms with Gasteiger partial charge in [-0.25, -0.2) is 17.4 Å². The number of oxazole rings is 1. The van der Waals surface area contributed by atoms with Crippen LogP contribution in [-0.4, -0.2) is 22.5 Å². The van der Waals surface area contributed by atoms with Gasteiger partial charge in [0.15, 0.2) is 0 Å². The molecule has 5 rings (SSSR count). The molecule has 0 radical (unpaired) electrons. The smallest absolute Gasteiger partial charge is 0.268 e. The zero-order chi connectivity index (χ0) is 23.0. The van der Waals surface area contributed by atoms with Crippen molar-refractivity contribution in [3.63, 3.8) is 0 Å². The van der Waals surface area contributed by atoms with Gasteiger partial charge in [0.1, 0.15) is 5.76 Å². The summed E-state index contributed by atoms with van der Waals surface area (Å²) in [6.07, 6.45) is 0.275. The first-order chi connectivity index (χ1) is 16.0. The van der Waals surface area contributed by atoms with E-state index >= 15 is 0 Å².